The van der Waals surface area contributed by atoms with Crippen molar-refractivity contribution in [2.75, 3.05) is 45.4 Å². The molecule has 0 aromatic carbocycles. The maximum absolute atomic E-state index is 11.8. The van der Waals surface area contributed by atoms with Crippen LogP contribution in [-0.4, -0.2) is 80.7 Å². The summed E-state index contributed by atoms with van der Waals surface area (Å²) in [6.07, 6.45) is 2.78. The van der Waals surface area contributed by atoms with E-state index < -0.39 is 12.3 Å². The van der Waals surface area contributed by atoms with Gasteiger partial charge in [-0.3, -0.25) is 14.4 Å². The first-order valence-corrected chi connectivity index (χ1v) is 12.3. The first kappa shape index (κ1) is 28.0. The van der Waals surface area contributed by atoms with Gasteiger partial charge in [-0.1, -0.05) is 28.5 Å². The van der Waals surface area contributed by atoms with Crippen LogP contribution in [0.15, 0.2) is 0 Å². The van der Waals surface area contributed by atoms with E-state index in [1.807, 2.05) is 13.2 Å². The van der Waals surface area contributed by atoms with Crippen LogP contribution in [0.25, 0.3) is 0 Å². The molecule has 2 atom stereocenters. The zero-order chi connectivity index (χ0) is 21.9. The lowest BCUT2D eigenvalue weighted by Crippen LogP contribution is -2.31. The molecule has 3 N–H and O–H groups in total. The average molecular weight is 455 g/mol. The van der Waals surface area contributed by atoms with E-state index in [1.165, 1.54) is 17.9 Å². The van der Waals surface area contributed by atoms with Crippen molar-refractivity contribution in [3.05, 3.63) is 0 Å². The number of nitrogens with one attached hydrogen (secondary N) is 2. The Bertz CT molecular complexity index is 465. The van der Waals surface area contributed by atoms with Crippen LogP contribution in [-0.2, 0) is 28.6 Å². The van der Waals surface area contributed by atoms with Gasteiger partial charge >= 0.3 is 5.97 Å². The molecule has 0 saturated heterocycles. The van der Waals surface area contributed by atoms with Crippen LogP contribution in [0.5, 0.6) is 0 Å². The fourth-order valence-corrected chi connectivity index (χ4v) is 3.07. The highest BCUT2D eigenvalue weighted by Crippen LogP contribution is 2.15. The van der Waals surface area contributed by atoms with Crippen LogP contribution in [0.4, 0.5) is 0 Å². The number of hydrogen-bond acceptors (Lipinski definition) is 9. The molecule has 0 aromatic rings. The normalized spacial score (nSPS) is 12.8. The topological polar surface area (TPSA) is 123 Å². The predicted octanol–water partition coefficient (Wildman–Crippen LogP) is 1.09. The zero-order valence-electron chi connectivity index (χ0n) is 17.4. The number of ether oxygens (including phenoxy) is 3. The average Bonchev–Trinajstić information content (AvgIpc) is 2.72. The summed E-state index contributed by atoms with van der Waals surface area (Å²) in [6.45, 7) is 2.64. The monoisotopic (exact) mass is 454 g/mol. The van der Waals surface area contributed by atoms with Crippen molar-refractivity contribution in [3.8, 4) is 0 Å². The van der Waals surface area contributed by atoms with Gasteiger partial charge in [-0.15, -0.1) is 0 Å². The van der Waals surface area contributed by atoms with Crippen LogP contribution in [0.2, 0.25) is 0 Å². The Labute approximate surface area is 180 Å². The molecule has 0 aliphatic heterocycles. The second-order valence-corrected chi connectivity index (χ2v) is 8.60. The third kappa shape index (κ3) is 16.5. The van der Waals surface area contributed by atoms with Crippen molar-refractivity contribution in [1.82, 2.24) is 10.6 Å². The molecule has 0 rings (SSSR count). The van der Waals surface area contributed by atoms with Gasteiger partial charge < -0.3 is 30.0 Å². The molecule has 0 aliphatic rings. The van der Waals surface area contributed by atoms with Crippen molar-refractivity contribution < 1.29 is 33.7 Å². The molecule has 0 fully saturated rings. The molecular weight excluding hydrogens is 420 g/mol. The summed E-state index contributed by atoms with van der Waals surface area (Å²) in [5, 5.41) is 14.6. The summed E-state index contributed by atoms with van der Waals surface area (Å²) in [7, 11) is 4.45. The summed E-state index contributed by atoms with van der Waals surface area (Å²) < 4.78 is 15.6. The number of carbonyl (C=O) groups is 3. The van der Waals surface area contributed by atoms with Crippen LogP contribution in [0, 0.1) is 0 Å². The Kier molecular flexibility index (Phi) is 18.3. The van der Waals surface area contributed by atoms with E-state index in [0.29, 0.717) is 38.1 Å². The summed E-state index contributed by atoms with van der Waals surface area (Å²) >= 11 is 0. The Morgan fingerprint density at radius 2 is 1.76 bits per heavy atom. The van der Waals surface area contributed by atoms with Gasteiger partial charge in [0.25, 0.3) is 0 Å². The lowest BCUT2D eigenvalue weighted by molar-refractivity contribution is -0.194. The number of amides is 2. The lowest BCUT2D eigenvalue weighted by atomic mass is 10.2. The molecule has 0 aromatic heterocycles. The first-order valence-electron chi connectivity index (χ1n) is 9.60. The maximum atomic E-state index is 11.8. The molecule has 11 heteroatoms. The van der Waals surface area contributed by atoms with Crippen molar-refractivity contribution in [2.45, 2.75) is 51.4 Å². The zero-order valence-corrected chi connectivity index (χ0v) is 19.1. The SMILES string of the molecule is CCC(CO)OC(COC(=O)CCCC(=O)NCCCNC(=O)CSSC)OC. The summed E-state index contributed by atoms with van der Waals surface area (Å²) in [5.74, 6) is -0.182. The molecule has 9 nitrogen and oxygen atoms in total. The Hall–Kier alpha value is -1.01. The van der Waals surface area contributed by atoms with E-state index >= 15 is 0 Å². The number of esters is 1. The summed E-state index contributed by atoms with van der Waals surface area (Å²) in [5.41, 5.74) is 0. The fraction of sp³-hybridized carbons (Fsp3) is 0.833. The van der Waals surface area contributed by atoms with Gasteiger partial charge in [0.15, 0.2) is 6.29 Å². The first-order chi connectivity index (χ1) is 14.0. The third-order valence-corrected chi connectivity index (χ3v) is 5.41. The van der Waals surface area contributed by atoms with Crippen LogP contribution < -0.4 is 10.6 Å². The van der Waals surface area contributed by atoms with Gasteiger partial charge in [0.05, 0.1) is 18.5 Å². The highest BCUT2D eigenvalue weighted by molar-refractivity contribution is 8.76. The fourth-order valence-electron chi connectivity index (χ4n) is 2.07. The number of hydrogen-bond donors (Lipinski definition) is 3. The third-order valence-electron chi connectivity index (χ3n) is 3.74. The minimum Gasteiger partial charge on any atom is -0.460 e. The van der Waals surface area contributed by atoms with Crippen molar-refractivity contribution in [2.24, 2.45) is 0 Å². The highest BCUT2D eigenvalue weighted by Gasteiger charge is 2.16. The molecule has 170 valence electrons. The Morgan fingerprint density at radius 3 is 2.34 bits per heavy atom. The highest BCUT2D eigenvalue weighted by atomic mass is 33.1. The Balaban J connectivity index is 3.74. The van der Waals surface area contributed by atoms with E-state index in [2.05, 4.69) is 10.6 Å². The van der Waals surface area contributed by atoms with Crippen molar-refractivity contribution in [1.29, 1.82) is 0 Å². The maximum Gasteiger partial charge on any atom is 0.305 e. The predicted molar refractivity (Wildman–Crippen MR) is 114 cm³/mol. The molecule has 0 spiro atoms. The van der Waals surface area contributed by atoms with Crippen molar-refractivity contribution >= 4 is 39.4 Å². The molecule has 2 amide bonds. The number of carbonyl (C=O) groups excluding carboxylic acids is 3. The number of aliphatic hydroxyl groups excluding tert-OH is 1. The second kappa shape index (κ2) is 19.0. The molecular formula is C18H34N2O7S2. The molecule has 0 aliphatic carbocycles. The van der Waals surface area contributed by atoms with Crippen molar-refractivity contribution in [3.63, 3.8) is 0 Å². The van der Waals surface area contributed by atoms with Gasteiger partial charge in [0.1, 0.15) is 6.61 Å². The van der Waals surface area contributed by atoms with E-state index in [-0.39, 0.29) is 44.0 Å². The van der Waals surface area contributed by atoms with E-state index in [4.69, 9.17) is 19.3 Å². The minimum absolute atomic E-state index is 0.0168. The van der Waals surface area contributed by atoms with Gasteiger partial charge in [-0.05, 0) is 25.5 Å². The standard InChI is InChI=1S/C18H34N2O7S2/c1-4-14(11-21)27-18(25-2)12-26-17(24)8-5-7-15(22)19-9-6-10-20-16(23)13-29-28-3/h14,18,21H,4-13H2,1-3H3,(H,19,22)(H,20,23). The molecule has 0 bridgehead atoms. The molecule has 0 radical (unpaired) electrons. The second-order valence-electron chi connectivity index (χ2n) is 6.03. The smallest absolute Gasteiger partial charge is 0.305 e. The van der Waals surface area contributed by atoms with Gasteiger partial charge in [-0.25, -0.2) is 0 Å². The van der Waals surface area contributed by atoms with Crippen LogP contribution in [0.1, 0.15) is 39.0 Å². The van der Waals surface area contributed by atoms with E-state index in [9.17, 15) is 14.4 Å². The lowest BCUT2D eigenvalue weighted by Gasteiger charge is -2.21. The van der Waals surface area contributed by atoms with Crippen LogP contribution >= 0.6 is 21.6 Å². The molecule has 0 heterocycles. The number of aliphatic hydroxyl groups is 1. The summed E-state index contributed by atoms with van der Waals surface area (Å²) in [4.78, 5) is 34.9. The van der Waals surface area contributed by atoms with E-state index in [0.717, 1.165) is 0 Å². The number of rotatable bonds is 18. The van der Waals surface area contributed by atoms with Gasteiger partial charge in [0.2, 0.25) is 11.8 Å². The van der Waals surface area contributed by atoms with E-state index in [1.54, 1.807) is 10.8 Å². The minimum atomic E-state index is -0.737. The molecule has 2 unspecified atom stereocenters. The van der Waals surface area contributed by atoms with Crippen LogP contribution in [0.3, 0.4) is 0 Å². The van der Waals surface area contributed by atoms with Gasteiger partial charge in [0, 0.05) is 33.0 Å². The quantitative estimate of drug-likeness (QED) is 0.121. The molecule has 29 heavy (non-hydrogen) atoms. The molecule has 0 saturated carbocycles. The summed E-state index contributed by atoms with van der Waals surface area (Å²) in [6, 6.07) is 0. The number of methoxy groups -OCH3 is 1. The Morgan fingerprint density at radius 1 is 1.07 bits per heavy atom. The van der Waals surface area contributed by atoms with Gasteiger partial charge in [-0.2, -0.15) is 0 Å². The largest absolute Gasteiger partial charge is 0.460 e.